The normalized spacial score (nSPS) is 20.8. The van der Waals surface area contributed by atoms with Gasteiger partial charge >= 0.3 is 0 Å². The number of benzene rings is 3. The van der Waals surface area contributed by atoms with Crippen molar-refractivity contribution in [1.29, 1.82) is 0 Å². The smallest absolute Gasteiger partial charge is 0.262 e. The van der Waals surface area contributed by atoms with Gasteiger partial charge in [-0.15, -0.1) is 0 Å². The average Bonchev–Trinajstić information content (AvgIpc) is 3.56. The molecule has 0 saturated carbocycles. The summed E-state index contributed by atoms with van der Waals surface area (Å²) in [5.74, 6) is -0.626. The van der Waals surface area contributed by atoms with E-state index in [1.54, 1.807) is 18.3 Å². The molecule has 0 spiro atoms. The molecule has 6 heterocycles. The third-order valence-corrected chi connectivity index (χ3v) is 12.6. The zero-order valence-electron chi connectivity index (χ0n) is 36.1. The number of piperazine rings is 2. The van der Waals surface area contributed by atoms with Crippen molar-refractivity contribution in [2.75, 3.05) is 102 Å². The highest BCUT2D eigenvalue weighted by molar-refractivity contribution is 6.23. The molecule has 4 aromatic rings. The summed E-state index contributed by atoms with van der Waals surface area (Å²) >= 11 is 0. The van der Waals surface area contributed by atoms with E-state index in [1.807, 2.05) is 54.6 Å². The summed E-state index contributed by atoms with van der Waals surface area (Å²) in [5, 5.41) is 5.62. The van der Waals surface area contributed by atoms with Crippen LogP contribution in [0, 0.1) is 0 Å². The standard InChI is InChI=1S/C48H55N9O7/c58-44-12-10-42(45(59)52-44)57-46(60)39-9-8-38(31-40(39)47(57)61)56-23-21-54(22-24-56)16-4-15-53-17-19-55(20-18-53)25-28-64-43-11-7-37-30-36(43)33-63-27-2-1-26-62-32-34-5-3-6-35(29-34)41-13-14-49-48(50-37)51-41/h1-3,5-9,11,13-14,29-31,42H,4,10,12,15-28,32-33H2,(H,49,50,51)(H,52,58,59)/b2-1+. The lowest BCUT2D eigenvalue weighted by atomic mass is 10.0. The molecule has 1 atom stereocenters. The maximum Gasteiger partial charge on any atom is 0.262 e. The largest absolute Gasteiger partial charge is 0.492 e. The van der Waals surface area contributed by atoms with Gasteiger partial charge in [0.15, 0.2) is 0 Å². The number of rotatable bonds is 10. The Balaban J connectivity index is 0.702. The van der Waals surface area contributed by atoms with E-state index in [4.69, 9.17) is 19.2 Å². The molecule has 0 radical (unpaired) electrons. The van der Waals surface area contributed by atoms with Crippen molar-refractivity contribution in [3.05, 3.63) is 107 Å². The minimum Gasteiger partial charge on any atom is -0.492 e. The van der Waals surface area contributed by atoms with Crippen molar-refractivity contribution in [3.63, 3.8) is 0 Å². The maximum absolute atomic E-state index is 13.3. The third kappa shape index (κ3) is 10.3. The van der Waals surface area contributed by atoms with Crippen LogP contribution < -0.4 is 20.3 Å². The van der Waals surface area contributed by atoms with Crippen molar-refractivity contribution < 1.29 is 33.4 Å². The summed E-state index contributed by atoms with van der Waals surface area (Å²) in [4.78, 5) is 70.6. The number of nitrogens with zero attached hydrogens (tertiary/aromatic N) is 7. The van der Waals surface area contributed by atoms with Crippen LogP contribution in [0.5, 0.6) is 5.75 Å². The number of imide groups is 2. The van der Waals surface area contributed by atoms with Crippen molar-refractivity contribution in [2.24, 2.45) is 0 Å². The van der Waals surface area contributed by atoms with Gasteiger partial charge in [0.05, 0.1) is 43.2 Å². The Morgan fingerprint density at radius 3 is 2.23 bits per heavy atom. The van der Waals surface area contributed by atoms with Gasteiger partial charge in [0.1, 0.15) is 18.4 Å². The van der Waals surface area contributed by atoms with E-state index in [1.165, 1.54) is 0 Å². The highest BCUT2D eigenvalue weighted by Crippen LogP contribution is 2.32. The molecule has 2 N–H and O–H groups in total. The van der Waals surface area contributed by atoms with Gasteiger partial charge in [-0.2, -0.15) is 0 Å². The Kier molecular flexibility index (Phi) is 13.6. The quantitative estimate of drug-likeness (QED) is 0.173. The molecular weight excluding hydrogens is 815 g/mol. The van der Waals surface area contributed by atoms with E-state index in [0.717, 1.165) is 123 Å². The molecule has 3 saturated heterocycles. The second-order valence-corrected chi connectivity index (χ2v) is 16.8. The van der Waals surface area contributed by atoms with Crippen LogP contribution in [0.15, 0.2) is 85.1 Å². The lowest BCUT2D eigenvalue weighted by Gasteiger charge is -2.37. The van der Waals surface area contributed by atoms with Gasteiger partial charge in [0.2, 0.25) is 17.8 Å². The second kappa shape index (κ2) is 20.2. The maximum atomic E-state index is 13.3. The summed E-state index contributed by atoms with van der Waals surface area (Å²) in [6, 6.07) is 20.5. The molecule has 5 aliphatic heterocycles. The molecule has 16 heteroatoms. The lowest BCUT2D eigenvalue weighted by Crippen LogP contribution is -2.54. The first-order valence-corrected chi connectivity index (χ1v) is 22.4. The van der Waals surface area contributed by atoms with Gasteiger partial charge in [-0.25, -0.2) is 9.97 Å². The Bertz CT molecular complexity index is 2380. The van der Waals surface area contributed by atoms with Crippen LogP contribution >= 0.6 is 0 Å². The SMILES string of the molecule is O=C1CCC(N2C(=O)c3ccc(N4CCN(CCCN5CCN(CCOc6ccc7cc6COC/C=C/COCc6cccc(c6)-c6ccnc(n6)N7)CC5)CC4)cc3C2=O)C(=O)N1. The summed E-state index contributed by atoms with van der Waals surface area (Å²) in [6.45, 7) is 12.9. The number of amides is 4. The highest BCUT2D eigenvalue weighted by Gasteiger charge is 2.44. The molecule has 334 valence electrons. The van der Waals surface area contributed by atoms with Crippen LogP contribution in [0.3, 0.4) is 0 Å². The molecule has 0 aliphatic carbocycles. The number of ether oxygens (including phenoxy) is 3. The molecular formula is C48H55N9O7. The average molecular weight is 870 g/mol. The first kappa shape index (κ1) is 43.2. The summed E-state index contributed by atoms with van der Waals surface area (Å²) < 4.78 is 18.3. The second-order valence-electron chi connectivity index (χ2n) is 16.8. The van der Waals surface area contributed by atoms with Gasteiger partial charge < -0.3 is 29.3 Å². The monoisotopic (exact) mass is 869 g/mol. The van der Waals surface area contributed by atoms with E-state index >= 15 is 0 Å². The zero-order valence-corrected chi connectivity index (χ0v) is 36.1. The molecule has 3 aromatic carbocycles. The number of hydrogen-bond donors (Lipinski definition) is 2. The van der Waals surface area contributed by atoms with Crippen molar-refractivity contribution in [2.45, 2.75) is 38.5 Å². The fourth-order valence-electron chi connectivity index (χ4n) is 8.98. The molecule has 64 heavy (non-hydrogen) atoms. The van der Waals surface area contributed by atoms with Gasteiger partial charge in [-0.05, 0) is 80.0 Å². The summed E-state index contributed by atoms with van der Waals surface area (Å²) in [5.41, 5.74) is 6.24. The molecule has 1 unspecified atom stereocenters. The topological polar surface area (TPSA) is 162 Å². The van der Waals surface area contributed by atoms with E-state index in [-0.39, 0.29) is 18.7 Å². The molecule has 1 aromatic heterocycles. The first-order valence-electron chi connectivity index (χ1n) is 22.4. The van der Waals surface area contributed by atoms with Gasteiger partial charge in [-0.3, -0.25) is 39.2 Å². The highest BCUT2D eigenvalue weighted by atomic mass is 16.5. The van der Waals surface area contributed by atoms with E-state index in [0.29, 0.717) is 50.1 Å². The number of anilines is 3. The fourth-order valence-corrected chi connectivity index (χ4v) is 8.98. The van der Waals surface area contributed by atoms with Crippen molar-refractivity contribution in [3.8, 4) is 17.0 Å². The molecule has 4 amide bonds. The Morgan fingerprint density at radius 1 is 0.719 bits per heavy atom. The minimum atomic E-state index is -0.965. The predicted octanol–water partition coefficient (Wildman–Crippen LogP) is 4.10. The Hall–Kier alpha value is -6.04. The summed E-state index contributed by atoms with van der Waals surface area (Å²) in [6.07, 6.45) is 7.08. The number of fused-ring (bicyclic) bond motifs is 8. The van der Waals surface area contributed by atoms with Crippen LogP contribution in [-0.4, -0.2) is 151 Å². The van der Waals surface area contributed by atoms with E-state index in [9.17, 15) is 19.2 Å². The van der Waals surface area contributed by atoms with E-state index in [2.05, 4.69) is 47.3 Å². The van der Waals surface area contributed by atoms with Crippen LogP contribution in [0.2, 0.25) is 0 Å². The van der Waals surface area contributed by atoms with Crippen LogP contribution in [0.1, 0.15) is 51.1 Å². The molecule has 6 bridgehead atoms. The van der Waals surface area contributed by atoms with E-state index < -0.39 is 23.8 Å². The third-order valence-electron chi connectivity index (χ3n) is 12.6. The molecule has 9 rings (SSSR count). The van der Waals surface area contributed by atoms with Gasteiger partial charge in [-0.1, -0.05) is 30.4 Å². The Labute approximate surface area is 373 Å². The molecule has 3 fully saturated rings. The number of nitrogens with one attached hydrogen (secondary N) is 2. The van der Waals surface area contributed by atoms with Crippen LogP contribution in [-0.2, 0) is 32.3 Å². The minimum absolute atomic E-state index is 0.0987. The first-order chi connectivity index (χ1) is 31.3. The van der Waals surface area contributed by atoms with Gasteiger partial charge in [0.25, 0.3) is 11.8 Å². The number of carbonyl (C=O) groups excluding carboxylic acids is 4. The Morgan fingerprint density at radius 2 is 1.45 bits per heavy atom. The number of carbonyl (C=O) groups is 4. The summed E-state index contributed by atoms with van der Waals surface area (Å²) in [7, 11) is 0. The molecule has 16 nitrogen and oxygen atoms in total. The lowest BCUT2D eigenvalue weighted by molar-refractivity contribution is -0.136. The number of piperidine rings is 1. The predicted molar refractivity (Wildman–Crippen MR) is 240 cm³/mol. The molecule has 5 aliphatic rings. The van der Waals surface area contributed by atoms with Crippen LogP contribution in [0.4, 0.5) is 17.3 Å². The van der Waals surface area contributed by atoms with Crippen molar-refractivity contribution >= 4 is 41.0 Å². The number of hydrogen-bond acceptors (Lipinski definition) is 14. The fraction of sp³-hybridized carbons (Fsp3) is 0.417. The van der Waals surface area contributed by atoms with Crippen LogP contribution in [0.25, 0.3) is 11.3 Å². The number of aromatic nitrogens is 2. The zero-order chi connectivity index (χ0) is 43.8. The van der Waals surface area contributed by atoms with Crippen molar-refractivity contribution in [1.82, 2.24) is 34.9 Å². The van der Waals surface area contributed by atoms with Gasteiger partial charge in [0, 0.05) is 94.0 Å².